The summed E-state index contributed by atoms with van der Waals surface area (Å²) in [6.45, 7) is 13.0. The van der Waals surface area contributed by atoms with Crippen LogP contribution >= 0.6 is 0 Å². The summed E-state index contributed by atoms with van der Waals surface area (Å²) in [5, 5.41) is 3.82. The second kappa shape index (κ2) is 6.49. The van der Waals surface area contributed by atoms with E-state index in [1.807, 2.05) is 0 Å². The van der Waals surface area contributed by atoms with Crippen LogP contribution in [0.4, 0.5) is 0 Å². The molecule has 1 fully saturated rings. The number of nitrogens with one attached hydrogen (secondary N) is 1. The van der Waals surface area contributed by atoms with Gasteiger partial charge < -0.3 is 10.2 Å². The van der Waals surface area contributed by atoms with E-state index < -0.39 is 0 Å². The molecule has 1 rings (SSSR count). The Morgan fingerprint density at radius 1 is 1.20 bits per heavy atom. The minimum Gasteiger partial charge on any atom is -0.311 e. The molecule has 0 radical (unpaired) electrons. The molecule has 2 heteroatoms. The maximum Gasteiger partial charge on any atom is 0.00941 e. The van der Waals surface area contributed by atoms with Crippen LogP contribution in [0.5, 0.6) is 0 Å². The summed E-state index contributed by atoms with van der Waals surface area (Å²) in [6, 6.07) is 1.48. The molecule has 0 aliphatic carbocycles. The molecule has 0 aromatic carbocycles. The highest BCUT2D eigenvalue weighted by Crippen LogP contribution is 2.14. The van der Waals surface area contributed by atoms with Crippen LogP contribution in [0, 0.1) is 5.92 Å². The van der Waals surface area contributed by atoms with Gasteiger partial charge in [0.05, 0.1) is 0 Å². The number of rotatable bonds is 5. The molecule has 0 saturated carbocycles. The maximum absolute atomic E-state index is 3.82. The number of nitrogens with zero attached hydrogens (tertiary/aromatic N) is 1. The molecular formula is C13H28N2. The Balaban J connectivity index is 2.28. The Hall–Kier alpha value is -0.0800. The van der Waals surface area contributed by atoms with Gasteiger partial charge in [-0.2, -0.15) is 0 Å². The van der Waals surface area contributed by atoms with Gasteiger partial charge in [-0.05, 0) is 44.8 Å². The van der Waals surface area contributed by atoms with Crippen molar-refractivity contribution >= 4 is 0 Å². The van der Waals surface area contributed by atoms with Gasteiger partial charge in [-0.1, -0.05) is 27.7 Å². The molecule has 1 saturated heterocycles. The van der Waals surface area contributed by atoms with Crippen molar-refractivity contribution in [3.05, 3.63) is 0 Å². The zero-order valence-electron chi connectivity index (χ0n) is 10.9. The Bertz CT molecular complexity index is 160. The van der Waals surface area contributed by atoms with Gasteiger partial charge >= 0.3 is 0 Å². The average molecular weight is 212 g/mol. The van der Waals surface area contributed by atoms with Crippen LogP contribution in [-0.4, -0.2) is 36.6 Å². The maximum atomic E-state index is 3.82. The quantitative estimate of drug-likeness (QED) is 0.753. The lowest BCUT2D eigenvalue weighted by Gasteiger charge is -2.34. The van der Waals surface area contributed by atoms with Gasteiger partial charge in [-0.3, -0.25) is 0 Å². The van der Waals surface area contributed by atoms with E-state index in [0.717, 1.165) is 12.0 Å². The summed E-state index contributed by atoms with van der Waals surface area (Å²) < 4.78 is 0. The van der Waals surface area contributed by atoms with E-state index in [1.54, 1.807) is 0 Å². The molecule has 1 N–H and O–H groups in total. The first kappa shape index (κ1) is 13.0. The van der Waals surface area contributed by atoms with Crippen molar-refractivity contribution in [3.63, 3.8) is 0 Å². The molecule has 0 aromatic rings. The predicted molar refractivity (Wildman–Crippen MR) is 67.2 cm³/mol. The van der Waals surface area contributed by atoms with E-state index in [1.165, 1.54) is 38.9 Å². The van der Waals surface area contributed by atoms with Crippen molar-refractivity contribution in [3.8, 4) is 0 Å². The van der Waals surface area contributed by atoms with E-state index in [-0.39, 0.29) is 0 Å². The molecule has 15 heavy (non-hydrogen) atoms. The smallest absolute Gasteiger partial charge is 0.00941 e. The van der Waals surface area contributed by atoms with E-state index in [9.17, 15) is 0 Å². The van der Waals surface area contributed by atoms with Gasteiger partial charge in [-0.25, -0.2) is 0 Å². The highest BCUT2D eigenvalue weighted by atomic mass is 15.1. The lowest BCUT2D eigenvalue weighted by Crippen LogP contribution is -2.47. The minimum absolute atomic E-state index is 0.711. The summed E-state index contributed by atoms with van der Waals surface area (Å²) in [5.74, 6) is 0.763. The second-order valence-corrected chi connectivity index (χ2v) is 5.13. The van der Waals surface area contributed by atoms with E-state index >= 15 is 0 Å². The molecule has 1 aliphatic heterocycles. The molecule has 90 valence electrons. The Labute approximate surface area is 95.4 Å². The normalized spacial score (nSPS) is 22.2. The third-order valence-electron chi connectivity index (χ3n) is 3.73. The molecule has 0 aromatic heterocycles. The Kier molecular flexibility index (Phi) is 5.62. The number of piperidine rings is 1. The van der Waals surface area contributed by atoms with E-state index in [0.29, 0.717) is 6.04 Å². The molecule has 0 amide bonds. The first-order chi connectivity index (χ1) is 7.17. The zero-order chi connectivity index (χ0) is 11.3. The minimum atomic E-state index is 0.711. The lowest BCUT2D eigenvalue weighted by molar-refractivity contribution is 0.190. The van der Waals surface area contributed by atoms with Crippen LogP contribution in [0.2, 0.25) is 0 Å². The Morgan fingerprint density at radius 3 is 2.20 bits per heavy atom. The monoisotopic (exact) mass is 212 g/mol. The van der Waals surface area contributed by atoms with Crippen molar-refractivity contribution in [1.82, 2.24) is 10.2 Å². The first-order valence-electron chi connectivity index (χ1n) is 6.65. The van der Waals surface area contributed by atoms with Gasteiger partial charge in [0.1, 0.15) is 0 Å². The highest BCUT2D eigenvalue weighted by molar-refractivity contribution is 4.81. The van der Waals surface area contributed by atoms with Gasteiger partial charge in [0, 0.05) is 12.1 Å². The van der Waals surface area contributed by atoms with Crippen LogP contribution in [0.3, 0.4) is 0 Å². The van der Waals surface area contributed by atoms with E-state index in [2.05, 4.69) is 37.9 Å². The molecule has 0 bridgehead atoms. The number of hydrogen-bond donors (Lipinski definition) is 1. The summed E-state index contributed by atoms with van der Waals surface area (Å²) in [6.07, 6.45) is 3.92. The van der Waals surface area contributed by atoms with Crippen molar-refractivity contribution in [2.75, 3.05) is 19.6 Å². The average Bonchev–Trinajstić information content (AvgIpc) is 2.26. The summed E-state index contributed by atoms with van der Waals surface area (Å²) in [4.78, 5) is 2.55. The third kappa shape index (κ3) is 4.12. The second-order valence-electron chi connectivity index (χ2n) is 5.13. The van der Waals surface area contributed by atoms with Crippen LogP contribution in [-0.2, 0) is 0 Å². The van der Waals surface area contributed by atoms with Crippen LogP contribution in [0.25, 0.3) is 0 Å². The van der Waals surface area contributed by atoms with Crippen molar-refractivity contribution in [1.29, 1.82) is 0 Å². The van der Waals surface area contributed by atoms with Crippen molar-refractivity contribution < 1.29 is 0 Å². The van der Waals surface area contributed by atoms with Crippen molar-refractivity contribution in [2.24, 2.45) is 5.92 Å². The highest BCUT2D eigenvalue weighted by Gasteiger charge is 2.21. The summed E-state index contributed by atoms with van der Waals surface area (Å²) in [7, 11) is 0. The summed E-state index contributed by atoms with van der Waals surface area (Å²) in [5.41, 5.74) is 0. The largest absolute Gasteiger partial charge is 0.311 e. The zero-order valence-corrected chi connectivity index (χ0v) is 10.9. The molecule has 2 nitrogen and oxygen atoms in total. The van der Waals surface area contributed by atoms with Crippen LogP contribution < -0.4 is 5.32 Å². The number of hydrogen-bond acceptors (Lipinski definition) is 2. The van der Waals surface area contributed by atoms with Crippen LogP contribution in [0.15, 0.2) is 0 Å². The standard InChI is InChI=1S/C13H28N2/c1-5-13(11(3)4)14-12-7-9-15(6-2)10-8-12/h11-14H,5-10H2,1-4H3. The van der Waals surface area contributed by atoms with Gasteiger partial charge in [0.15, 0.2) is 0 Å². The molecule has 1 unspecified atom stereocenters. The van der Waals surface area contributed by atoms with Gasteiger partial charge in [-0.15, -0.1) is 0 Å². The molecule has 1 heterocycles. The topological polar surface area (TPSA) is 15.3 Å². The molecule has 1 atom stereocenters. The fraction of sp³-hybridized carbons (Fsp3) is 1.00. The lowest BCUT2D eigenvalue weighted by atomic mass is 9.97. The summed E-state index contributed by atoms with van der Waals surface area (Å²) >= 11 is 0. The SMILES string of the molecule is CCC(NC1CCN(CC)CC1)C(C)C. The fourth-order valence-electron chi connectivity index (χ4n) is 2.50. The molecule has 0 spiro atoms. The fourth-order valence-corrected chi connectivity index (χ4v) is 2.50. The third-order valence-corrected chi connectivity index (χ3v) is 3.73. The number of likely N-dealkylation sites (tertiary alicyclic amines) is 1. The Morgan fingerprint density at radius 2 is 1.80 bits per heavy atom. The van der Waals surface area contributed by atoms with E-state index in [4.69, 9.17) is 0 Å². The van der Waals surface area contributed by atoms with Crippen molar-refractivity contribution in [2.45, 2.75) is 59.0 Å². The first-order valence-corrected chi connectivity index (χ1v) is 6.65. The van der Waals surface area contributed by atoms with Crippen LogP contribution in [0.1, 0.15) is 47.0 Å². The molecular weight excluding hydrogens is 184 g/mol. The van der Waals surface area contributed by atoms with Gasteiger partial charge in [0.2, 0.25) is 0 Å². The van der Waals surface area contributed by atoms with Gasteiger partial charge in [0.25, 0.3) is 0 Å². The predicted octanol–water partition coefficient (Wildman–Crippen LogP) is 2.49. The molecule has 1 aliphatic rings.